The molecular weight excluding hydrogens is 334 g/mol. The molecule has 2 heterocycles. The summed E-state index contributed by atoms with van der Waals surface area (Å²) in [6.07, 6.45) is 6.38. The third-order valence-electron chi connectivity index (χ3n) is 4.75. The molecule has 2 aromatic heterocycles. The Labute approximate surface area is 150 Å². The van der Waals surface area contributed by atoms with E-state index in [1.54, 1.807) is 0 Å². The molecule has 0 atom stereocenters. The van der Waals surface area contributed by atoms with Crippen molar-refractivity contribution in [2.45, 2.75) is 37.3 Å². The number of nitrogens with zero attached hydrogens (tertiary/aromatic N) is 3. The molecule has 4 rings (SSSR count). The zero-order valence-corrected chi connectivity index (χ0v) is 14.8. The van der Waals surface area contributed by atoms with Gasteiger partial charge in [0.05, 0.1) is 5.75 Å². The van der Waals surface area contributed by atoms with Gasteiger partial charge in [-0.05, 0) is 24.8 Å². The van der Waals surface area contributed by atoms with Crippen LogP contribution >= 0.6 is 11.8 Å². The molecule has 0 saturated heterocycles. The maximum Gasteiger partial charge on any atom is 0.230 e. The number of aromatic amines is 1. The van der Waals surface area contributed by atoms with Crippen molar-refractivity contribution >= 4 is 39.7 Å². The number of benzene rings is 1. The van der Waals surface area contributed by atoms with Gasteiger partial charge in [0, 0.05) is 17.4 Å². The first-order chi connectivity index (χ1) is 12.3. The molecule has 0 spiro atoms. The Balaban J connectivity index is 1.35. The molecule has 1 amide bonds. The third-order valence-corrected chi connectivity index (χ3v) is 5.59. The van der Waals surface area contributed by atoms with E-state index in [-0.39, 0.29) is 5.91 Å². The van der Waals surface area contributed by atoms with Crippen molar-refractivity contribution in [1.82, 2.24) is 25.5 Å². The SMILES string of the molecule is O=C(CSc1nnc2c(n1)[nH]c1ccccc12)NCC1CCCCC1. The summed E-state index contributed by atoms with van der Waals surface area (Å²) >= 11 is 1.32. The highest BCUT2D eigenvalue weighted by Crippen LogP contribution is 2.24. The minimum atomic E-state index is 0.0379. The van der Waals surface area contributed by atoms with Crippen LogP contribution in [0.3, 0.4) is 0 Å². The fraction of sp³-hybridized carbons (Fsp3) is 0.444. The number of hydrogen-bond donors (Lipinski definition) is 2. The van der Waals surface area contributed by atoms with Gasteiger partial charge in [-0.1, -0.05) is 49.2 Å². The summed E-state index contributed by atoms with van der Waals surface area (Å²) in [6, 6.07) is 7.92. The van der Waals surface area contributed by atoms with E-state index >= 15 is 0 Å². The number of carbonyl (C=O) groups excluding carboxylic acids is 1. The second-order valence-corrected chi connectivity index (χ2v) is 7.50. The molecule has 25 heavy (non-hydrogen) atoms. The molecule has 0 radical (unpaired) electrons. The maximum atomic E-state index is 12.0. The Bertz CT molecular complexity index is 887. The van der Waals surface area contributed by atoms with Crippen LogP contribution in [0.5, 0.6) is 0 Å². The van der Waals surface area contributed by atoms with E-state index in [0.29, 0.717) is 22.5 Å². The van der Waals surface area contributed by atoms with Crippen molar-refractivity contribution in [3.63, 3.8) is 0 Å². The molecule has 6 nitrogen and oxygen atoms in total. The first kappa shape index (κ1) is 16.3. The van der Waals surface area contributed by atoms with Crippen molar-refractivity contribution in [3.8, 4) is 0 Å². The number of hydrogen-bond acceptors (Lipinski definition) is 5. The normalized spacial score (nSPS) is 15.7. The van der Waals surface area contributed by atoms with Crippen molar-refractivity contribution in [2.24, 2.45) is 5.92 Å². The summed E-state index contributed by atoms with van der Waals surface area (Å²) < 4.78 is 0. The molecule has 2 N–H and O–H groups in total. The van der Waals surface area contributed by atoms with Crippen LogP contribution in [-0.2, 0) is 4.79 Å². The predicted octanol–water partition coefficient (Wildman–Crippen LogP) is 3.29. The van der Waals surface area contributed by atoms with E-state index < -0.39 is 0 Å². The van der Waals surface area contributed by atoms with Gasteiger partial charge in [0.1, 0.15) is 5.52 Å². The fourth-order valence-electron chi connectivity index (χ4n) is 3.40. The van der Waals surface area contributed by atoms with Crippen LogP contribution in [0.1, 0.15) is 32.1 Å². The van der Waals surface area contributed by atoms with Gasteiger partial charge in [0.2, 0.25) is 11.1 Å². The average Bonchev–Trinajstić information content (AvgIpc) is 3.03. The summed E-state index contributed by atoms with van der Waals surface area (Å²) in [5.41, 5.74) is 2.47. The van der Waals surface area contributed by atoms with Gasteiger partial charge in [0.25, 0.3) is 0 Å². The van der Waals surface area contributed by atoms with E-state index in [0.717, 1.165) is 23.0 Å². The van der Waals surface area contributed by atoms with E-state index in [4.69, 9.17) is 0 Å². The first-order valence-electron chi connectivity index (χ1n) is 8.80. The Morgan fingerprint density at radius 1 is 1.20 bits per heavy atom. The van der Waals surface area contributed by atoms with Crippen LogP contribution in [0.25, 0.3) is 22.1 Å². The molecular formula is C18H21N5OS. The first-order valence-corrected chi connectivity index (χ1v) is 9.79. The van der Waals surface area contributed by atoms with Crippen molar-refractivity contribution < 1.29 is 4.79 Å². The van der Waals surface area contributed by atoms with E-state index in [9.17, 15) is 4.79 Å². The van der Waals surface area contributed by atoms with Crippen molar-refractivity contribution in [3.05, 3.63) is 24.3 Å². The largest absolute Gasteiger partial charge is 0.355 e. The molecule has 0 unspecified atom stereocenters. The van der Waals surface area contributed by atoms with Gasteiger partial charge in [-0.25, -0.2) is 4.98 Å². The Morgan fingerprint density at radius 3 is 2.92 bits per heavy atom. The highest BCUT2D eigenvalue weighted by atomic mass is 32.2. The van der Waals surface area contributed by atoms with Gasteiger partial charge < -0.3 is 10.3 Å². The number of carbonyl (C=O) groups is 1. The number of aromatic nitrogens is 4. The fourth-order valence-corrected chi connectivity index (χ4v) is 4.01. The molecule has 0 aliphatic heterocycles. The summed E-state index contributed by atoms with van der Waals surface area (Å²) in [5.74, 6) is 0.999. The zero-order chi connectivity index (χ0) is 17.1. The van der Waals surface area contributed by atoms with Crippen LogP contribution in [0.15, 0.2) is 29.4 Å². The highest BCUT2D eigenvalue weighted by Gasteiger charge is 2.15. The molecule has 7 heteroatoms. The van der Waals surface area contributed by atoms with Crippen LogP contribution in [0.4, 0.5) is 0 Å². The van der Waals surface area contributed by atoms with Crippen molar-refractivity contribution in [1.29, 1.82) is 0 Å². The molecule has 130 valence electrons. The zero-order valence-electron chi connectivity index (χ0n) is 14.0. The Kier molecular flexibility index (Phi) is 4.83. The lowest BCUT2D eigenvalue weighted by Crippen LogP contribution is -2.31. The number of para-hydroxylation sites is 1. The third kappa shape index (κ3) is 3.76. The van der Waals surface area contributed by atoms with Crippen LogP contribution in [-0.4, -0.2) is 38.4 Å². The number of H-pyrrole nitrogens is 1. The molecule has 1 saturated carbocycles. The lowest BCUT2D eigenvalue weighted by molar-refractivity contribution is -0.118. The van der Waals surface area contributed by atoms with Crippen LogP contribution in [0.2, 0.25) is 0 Å². The second-order valence-electron chi connectivity index (χ2n) is 6.56. The van der Waals surface area contributed by atoms with Crippen molar-refractivity contribution in [2.75, 3.05) is 12.3 Å². The molecule has 1 aliphatic rings. The van der Waals surface area contributed by atoms with Crippen LogP contribution < -0.4 is 5.32 Å². The minimum absolute atomic E-state index is 0.0379. The quantitative estimate of drug-likeness (QED) is 0.686. The number of thioether (sulfide) groups is 1. The van der Waals surface area contributed by atoms with Gasteiger partial charge in [-0.2, -0.15) is 0 Å². The lowest BCUT2D eigenvalue weighted by atomic mass is 9.89. The van der Waals surface area contributed by atoms with Gasteiger partial charge >= 0.3 is 0 Å². The molecule has 1 fully saturated rings. The summed E-state index contributed by atoms with van der Waals surface area (Å²) in [6.45, 7) is 0.791. The van der Waals surface area contributed by atoms with E-state index in [1.807, 2.05) is 24.3 Å². The summed E-state index contributed by atoms with van der Waals surface area (Å²) in [4.78, 5) is 19.8. The molecule has 3 aromatic rings. The maximum absolute atomic E-state index is 12.0. The second kappa shape index (κ2) is 7.39. The molecule has 1 aromatic carbocycles. The van der Waals surface area contributed by atoms with Gasteiger partial charge in [-0.3, -0.25) is 4.79 Å². The summed E-state index contributed by atoms with van der Waals surface area (Å²) in [5, 5.41) is 13.0. The number of fused-ring (bicyclic) bond motifs is 3. The molecule has 0 bridgehead atoms. The van der Waals surface area contributed by atoms with E-state index in [2.05, 4.69) is 25.5 Å². The average molecular weight is 355 g/mol. The Morgan fingerprint density at radius 2 is 2.04 bits per heavy atom. The number of nitrogens with one attached hydrogen (secondary N) is 2. The number of rotatable bonds is 5. The van der Waals surface area contributed by atoms with Gasteiger partial charge in [-0.15, -0.1) is 10.2 Å². The van der Waals surface area contributed by atoms with Crippen LogP contribution in [0, 0.1) is 5.92 Å². The smallest absolute Gasteiger partial charge is 0.230 e. The molecule has 1 aliphatic carbocycles. The topological polar surface area (TPSA) is 83.6 Å². The summed E-state index contributed by atoms with van der Waals surface area (Å²) in [7, 11) is 0. The highest BCUT2D eigenvalue weighted by molar-refractivity contribution is 7.99. The number of amides is 1. The minimum Gasteiger partial charge on any atom is -0.355 e. The lowest BCUT2D eigenvalue weighted by Gasteiger charge is -2.21. The standard InChI is InChI=1S/C18H21N5OS/c24-15(19-10-12-6-2-1-3-7-12)11-25-18-21-17-16(22-23-18)13-8-4-5-9-14(13)20-17/h4-5,8-9,12H,1-3,6-7,10-11H2,(H,19,24)(H,20,21,23). The monoisotopic (exact) mass is 355 g/mol. The van der Waals surface area contributed by atoms with Gasteiger partial charge in [0.15, 0.2) is 5.65 Å². The van der Waals surface area contributed by atoms with E-state index in [1.165, 1.54) is 43.9 Å². The Hall–Kier alpha value is -2.15. The predicted molar refractivity (Wildman–Crippen MR) is 99.5 cm³/mol.